The normalized spacial score (nSPS) is 13.6. The van der Waals surface area contributed by atoms with Crippen LogP contribution in [0, 0.1) is 0 Å². The second kappa shape index (κ2) is 18.8. The summed E-state index contributed by atoms with van der Waals surface area (Å²) >= 11 is 0. The molecular formula is C26H42N8O8. The monoisotopic (exact) mass is 594 g/mol. The fourth-order valence-corrected chi connectivity index (χ4v) is 3.84. The van der Waals surface area contributed by atoms with Gasteiger partial charge in [-0.15, -0.1) is 0 Å². The molecule has 16 nitrogen and oxygen atoms in total. The van der Waals surface area contributed by atoms with Gasteiger partial charge in [0.2, 0.25) is 17.7 Å². The van der Waals surface area contributed by atoms with Gasteiger partial charge in [-0.2, -0.15) is 0 Å². The van der Waals surface area contributed by atoms with Gasteiger partial charge in [0.25, 0.3) is 0 Å². The van der Waals surface area contributed by atoms with Crippen LogP contribution < -0.4 is 38.9 Å². The molecule has 0 aromatic heterocycles. The molecule has 0 aliphatic heterocycles. The van der Waals surface area contributed by atoms with Crippen LogP contribution >= 0.6 is 0 Å². The summed E-state index contributed by atoms with van der Waals surface area (Å²) in [6.07, 6.45) is 0.882. The van der Waals surface area contributed by atoms with Crippen molar-refractivity contribution in [3.05, 3.63) is 29.8 Å². The van der Waals surface area contributed by atoms with Crippen LogP contribution in [0.4, 0.5) is 0 Å². The van der Waals surface area contributed by atoms with E-state index in [9.17, 15) is 34.2 Å². The summed E-state index contributed by atoms with van der Waals surface area (Å²) in [4.78, 5) is 66.0. The van der Waals surface area contributed by atoms with Gasteiger partial charge in [-0.05, 0) is 56.3 Å². The number of nitrogens with zero attached hydrogens (tertiary/aromatic N) is 1. The third-order valence-electron chi connectivity index (χ3n) is 6.15. The molecule has 3 amide bonds. The Morgan fingerprint density at radius 3 is 1.90 bits per heavy atom. The van der Waals surface area contributed by atoms with Crippen molar-refractivity contribution in [3.8, 4) is 5.75 Å². The Labute approximate surface area is 243 Å². The number of hydrogen-bond acceptors (Lipinski definition) is 9. The summed E-state index contributed by atoms with van der Waals surface area (Å²) in [5.41, 5.74) is 22.6. The number of benzene rings is 1. The molecule has 42 heavy (non-hydrogen) atoms. The number of rotatable bonds is 20. The number of carbonyl (C=O) groups excluding carboxylic acids is 3. The minimum Gasteiger partial charge on any atom is -0.508 e. The Morgan fingerprint density at radius 1 is 0.786 bits per heavy atom. The minimum atomic E-state index is -1.44. The molecule has 234 valence electrons. The van der Waals surface area contributed by atoms with E-state index in [1.807, 2.05) is 0 Å². The van der Waals surface area contributed by atoms with E-state index in [0.29, 0.717) is 31.4 Å². The van der Waals surface area contributed by atoms with E-state index < -0.39 is 60.2 Å². The molecule has 0 bridgehead atoms. The van der Waals surface area contributed by atoms with Crippen molar-refractivity contribution >= 4 is 35.6 Å². The van der Waals surface area contributed by atoms with Gasteiger partial charge in [0.15, 0.2) is 5.96 Å². The molecular weight excluding hydrogens is 552 g/mol. The highest BCUT2D eigenvalue weighted by Crippen LogP contribution is 2.12. The van der Waals surface area contributed by atoms with Crippen molar-refractivity contribution in [3.63, 3.8) is 0 Å². The van der Waals surface area contributed by atoms with Gasteiger partial charge in [-0.1, -0.05) is 18.6 Å². The van der Waals surface area contributed by atoms with Crippen LogP contribution in [0.25, 0.3) is 0 Å². The van der Waals surface area contributed by atoms with Crippen LogP contribution in [0.1, 0.15) is 50.5 Å². The first-order valence-electron chi connectivity index (χ1n) is 13.5. The van der Waals surface area contributed by atoms with Crippen molar-refractivity contribution in [1.82, 2.24) is 16.0 Å². The molecule has 16 heteroatoms. The third-order valence-corrected chi connectivity index (χ3v) is 6.15. The van der Waals surface area contributed by atoms with Crippen LogP contribution in [0.2, 0.25) is 0 Å². The van der Waals surface area contributed by atoms with Crippen molar-refractivity contribution in [2.24, 2.45) is 27.9 Å². The van der Waals surface area contributed by atoms with Crippen molar-refractivity contribution in [1.29, 1.82) is 0 Å². The minimum absolute atomic E-state index is 0.0254. The number of amides is 3. The number of phenolic OH excluding ortho intramolecular Hbond substituents is 1. The molecule has 0 saturated carbocycles. The van der Waals surface area contributed by atoms with Crippen molar-refractivity contribution in [2.75, 3.05) is 13.1 Å². The van der Waals surface area contributed by atoms with Crippen LogP contribution in [-0.2, 0) is 30.4 Å². The van der Waals surface area contributed by atoms with E-state index in [-0.39, 0.29) is 43.9 Å². The average Bonchev–Trinajstić information content (AvgIpc) is 2.92. The molecule has 0 heterocycles. The molecule has 0 spiro atoms. The number of aliphatic carboxylic acids is 2. The van der Waals surface area contributed by atoms with Crippen LogP contribution in [0.15, 0.2) is 29.3 Å². The van der Waals surface area contributed by atoms with Crippen LogP contribution in [-0.4, -0.2) is 88.2 Å². The number of carbonyl (C=O) groups is 5. The maximum absolute atomic E-state index is 13.3. The molecule has 1 aromatic carbocycles. The number of nitrogens with two attached hydrogens (primary N) is 4. The van der Waals surface area contributed by atoms with Gasteiger partial charge < -0.3 is 54.2 Å². The highest BCUT2D eigenvalue weighted by Gasteiger charge is 2.30. The Balaban J connectivity index is 3.07. The van der Waals surface area contributed by atoms with Crippen molar-refractivity contribution < 1.29 is 39.3 Å². The predicted octanol–water partition coefficient (Wildman–Crippen LogP) is -2.15. The van der Waals surface area contributed by atoms with Gasteiger partial charge in [0, 0.05) is 19.4 Å². The number of carboxylic acids is 2. The van der Waals surface area contributed by atoms with E-state index in [0.717, 1.165) is 0 Å². The molecule has 4 unspecified atom stereocenters. The van der Waals surface area contributed by atoms with Gasteiger partial charge in [-0.25, -0.2) is 4.79 Å². The van der Waals surface area contributed by atoms with E-state index in [1.165, 1.54) is 24.3 Å². The molecule has 4 atom stereocenters. The summed E-state index contributed by atoms with van der Waals surface area (Å²) in [7, 11) is 0. The number of hydrogen-bond donors (Lipinski definition) is 10. The Morgan fingerprint density at radius 2 is 1.36 bits per heavy atom. The zero-order valence-electron chi connectivity index (χ0n) is 23.3. The summed E-state index contributed by atoms with van der Waals surface area (Å²) in [5.74, 6) is -5.15. The number of phenols is 1. The molecule has 0 radical (unpaired) electrons. The van der Waals surface area contributed by atoms with E-state index in [2.05, 4.69) is 20.9 Å². The van der Waals surface area contributed by atoms with Gasteiger partial charge in [-0.3, -0.25) is 24.2 Å². The molecule has 0 aliphatic carbocycles. The van der Waals surface area contributed by atoms with E-state index in [1.54, 1.807) is 0 Å². The first-order valence-corrected chi connectivity index (χ1v) is 13.5. The van der Waals surface area contributed by atoms with Gasteiger partial charge >= 0.3 is 11.9 Å². The molecule has 0 aliphatic rings. The average molecular weight is 595 g/mol. The first-order chi connectivity index (χ1) is 19.8. The Hall–Kier alpha value is -4.44. The Kier molecular flexibility index (Phi) is 15.9. The lowest BCUT2D eigenvalue weighted by molar-refractivity contribution is -0.143. The topological polar surface area (TPSA) is 299 Å². The smallest absolute Gasteiger partial charge is 0.326 e. The number of carboxylic acid groups (broad SMARTS) is 2. The molecule has 14 N–H and O–H groups in total. The molecule has 0 fully saturated rings. The number of guanidine groups is 1. The second-order valence-electron chi connectivity index (χ2n) is 9.66. The SMILES string of the molecule is NCCCCC(N)C(=O)NC(CCCN=C(N)N)C(=O)NC(CCC(=O)O)C(=O)NC(Cc1ccc(O)cc1)C(=O)O. The fraction of sp³-hybridized carbons (Fsp3) is 0.538. The summed E-state index contributed by atoms with van der Waals surface area (Å²) in [5, 5.41) is 35.6. The number of unbranched alkanes of at least 4 members (excludes halogenated alkanes) is 1. The molecule has 1 aromatic rings. The number of aliphatic imine (C=N–C) groups is 1. The van der Waals surface area contributed by atoms with E-state index >= 15 is 0 Å². The maximum Gasteiger partial charge on any atom is 0.326 e. The highest BCUT2D eigenvalue weighted by molar-refractivity contribution is 5.94. The maximum atomic E-state index is 13.3. The number of aromatic hydroxyl groups is 1. The van der Waals surface area contributed by atoms with Gasteiger partial charge in [0.05, 0.1) is 6.04 Å². The summed E-state index contributed by atoms with van der Waals surface area (Å²) in [6.45, 7) is 0.576. The lowest BCUT2D eigenvalue weighted by Gasteiger charge is -2.25. The first kappa shape index (κ1) is 35.6. The molecule has 0 saturated heterocycles. The van der Waals surface area contributed by atoms with Crippen LogP contribution in [0.5, 0.6) is 5.75 Å². The lowest BCUT2D eigenvalue weighted by Crippen LogP contribution is -2.57. The third kappa shape index (κ3) is 14.3. The highest BCUT2D eigenvalue weighted by atomic mass is 16.4. The zero-order chi connectivity index (χ0) is 31.7. The summed E-state index contributed by atoms with van der Waals surface area (Å²) < 4.78 is 0. The van der Waals surface area contributed by atoms with Crippen molar-refractivity contribution in [2.45, 2.75) is 75.5 Å². The van der Waals surface area contributed by atoms with Crippen LogP contribution in [0.3, 0.4) is 0 Å². The Bertz CT molecular complexity index is 1080. The van der Waals surface area contributed by atoms with Gasteiger partial charge in [0.1, 0.15) is 23.9 Å². The number of nitrogens with one attached hydrogen (secondary N) is 3. The quantitative estimate of drug-likeness (QED) is 0.0439. The zero-order valence-corrected chi connectivity index (χ0v) is 23.3. The van der Waals surface area contributed by atoms with E-state index in [4.69, 9.17) is 28.0 Å². The standard InChI is InChI=1S/C26H42N8O8/c27-12-2-1-4-17(28)22(38)32-18(5-3-13-31-26(29)30)23(39)33-19(10-11-21(36)37)24(40)34-20(25(41)42)14-15-6-8-16(35)9-7-15/h6-9,17-20,35H,1-5,10-14,27-28H2,(H,32,38)(H,33,39)(H,34,40)(H,36,37)(H,41,42)(H4,29,30,31). The predicted molar refractivity (Wildman–Crippen MR) is 153 cm³/mol. The summed E-state index contributed by atoms with van der Waals surface area (Å²) in [6, 6.07) is 0.717. The molecule has 1 rings (SSSR count). The second-order valence-corrected chi connectivity index (χ2v) is 9.66. The lowest BCUT2D eigenvalue weighted by atomic mass is 10.0. The fourth-order valence-electron chi connectivity index (χ4n) is 3.84. The largest absolute Gasteiger partial charge is 0.508 e.